The average Bonchev–Trinajstić information content (AvgIpc) is 2.78. The summed E-state index contributed by atoms with van der Waals surface area (Å²) in [5.41, 5.74) is 7.71. The number of nitrogens with two attached hydrogens (primary N) is 1. The quantitative estimate of drug-likeness (QED) is 0.835. The predicted octanol–water partition coefficient (Wildman–Crippen LogP) is 1.87. The van der Waals surface area contributed by atoms with Gasteiger partial charge in [0.1, 0.15) is 5.82 Å². The van der Waals surface area contributed by atoms with Crippen LogP contribution in [0, 0.1) is 6.92 Å². The van der Waals surface area contributed by atoms with Crippen molar-refractivity contribution >= 4 is 11.5 Å². The molecule has 1 atom stereocenters. The van der Waals surface area contributed by atoms with Gasteiger partial charge < -0.3 is 11.1 Å². The van der Waals surface area contributed by atoms with Crippen LogP contribution in [0.3, 0.4) is 0 Å². The zero-order valence-electron chi connectivity index (χ0n) is 10.7. The molecule has 3 N–H and O–H groups in total. The molecule has 0 amide bonds. The van der Waals surface area contributed by atoms with Gasteiger partial charge in [-0.3, -0.25) is 4.90 Å². The zero-order chi connectivity index (χ0) is 12.3. The molecule has 0 aliphatic carbocycles. The number of nitrogens with zero attached hydrogens (tertiary/aromatic N) is 2. The maximum Gasteiger partial charge on any atom is 0.128 e. The SMILES string of the molecule is CCN1CCCC1CNc1cc(N)c(C)cn1. The highest BCUT2D eigenvalue weighted by molar-refractivity contribution is 5.53. The largest absolute Gasteiger partial charge is 0.398 e. The third kappa shape index (κ3) is 2.88. The van der Waals surface area contributed by atoms with E-state index >= 15 is 0 Å². The van der Waals surface area contributed by atoms with Crippen molar-refractivity contribution in [3.05, 3.63) is 17.8 Å². The number of likely N-dealkylation sites (N-methyl/N-ethyl adjacent to an activating group) is 1. The van der Waals surface area contributed by atoms with Gasteiger partial charge in [0.15, 0.2) is 0 Å². The van der Waals surface area contributed by atoms with Gasteiger partial charge >= 0.3 is 0 Å². The molecule has 2 rings (SSSR count). The zero-order valence-corrected chi connectivity index (χ0v) is 10.7. The van der Waals surface area contributed by atoms with Gasteiger partial charge in [-0.1, -0.05) is 6.92 Å². The van der Waals surface area contributed by atoms with Crippen molar-refractivity contribution in [2.45, 2.75) is 32.7 Å². The van der Waals surface area contributed by atoms with Gasteiger partial charge in [-0.2, -0.15) is 0 Å². The van der Waals surface area contributed by atoms with Crippen LogP contribution in [0.2, 0.25) is 0 Å². The van der Waals surface area contributed by atoms with E-state index in [4.69, 9.17) is 5.73 Å². The number of likely N-dealkylation sites (tertiary alicyclic amines) is 1. The highest BCUT2D eigenvalue weighted by Gasteiger charge is 2.22. The number of aryl methyl sites for hydroxylation is 1. The van der Waals surface area contributed by atoms with E-state index in [2.05, 4.69) is 22.1 Å². The molecule has 94 valence electrons. The Morgan fingerprint density at radius 1 is 1.59 bits per heavy atom. The number of anilines is 2. The Kier molecular flexibility index (Phi) is 3.84. The molecule has 1 aromatic heterocycles. The van der Waals surface area contributed by atoms with Crippen LogP contribution in [-0.2, 0) is 0 Å². The van der Waals surface area contributed by atoms with Crippen molar-refractivity contribution in [2.24, 2.45) is 0 Å². The minimum Gasteiger partial charge on any atom is -0.398 e. The van der Waals surface area contributed by atoms with Crippen molar-refractivity contribution in [1.82, 2.24) is 9.88 Å². The lowest BCUT2D eigenvalue weighted by molar-refractivity contribution is 0.277. The molecule has 1 aromatic rings. The molecule has 17 heavy (non-hydrogen) atoms. The molecule has 0 bridgehead atoms. The molecule has 0 radical (unpaired) electrons. The smallest absolute Gasteiger partial charge is 0.128 e. The number of hydrogen-bond donors (Lipinski definition) is 2. The molecule has 1 saturated heterocycles. The average molecular weight is 234 g/mol. The van der Waals surface area contributed by atoms with Gasteiger partial charge in [-0.05, 0) is 38.4 Å². The maximum absolute atomic E-state index is 5.87. The highest BCUT2D eigenvalue weighted by Crippen LogP contribution is 2.18. The third-order valence-corrected chi connectivity index (χ3v) is 3.57. The molecule has 4 heteroatoms. The Balaban J connectivity index is 1.91. The molecule has 0 saturated carbocycles. The normalized spacial score (nSPS) is 20.7. The Hall–Kier alpha value is -1.29. The summed E-state index contributed by atoms with van der Waals surface area (Å²) in [7, 11) is 0. The summed E-state index contributed by atoms with van der Waals surface area (Å²) >= 11 is 0. The van der Waals surface area contributed by atoms with Crippen LogP contribution >= 0.6 is 0 Å². The Morgan fingerprint density at radius 2 is 2.41 bits per heavy atom. The van der Waals surface area contributed by atoms with Gasteiger partial charge in [0, 0.05) is 30.5 Å². The summed E-state index contributed by atoms with van der Waals surface area (Å²) in [6, 6.07) is 2.56. The highest BCUT2D eigenvalue weighted by atomic mass is 15.2. The molecule has 1 unspecified atom stereocenters. The fraction of sp³-hybridized carbons (Fsp3) is 0.615. The second kappa shape index (κ2) is 5.36. The fourth-order valence-electron chi connectivity index (χ4n) is 2.40. The van der Waals surface area contributed by atoms with Gasteiger partial charge in [0.25, 0.3) is 0 Å². The van der Waals surface area contributed by atoms with Crippen molar-refractivity contribution in [2.75, 3.05) is 30.7 Å². The number of pyridine rings is 1. The Morgan fingerprint density at radius 3 is 3.12 bits per heavy atom. The molecular weight excluding hydrogens is 212 g/mol. The number of nitrogen functional groups attached to an aromatic ring is 1. The van der Waals surface area contributed by atoms with Crippen molar-refractivity contribution in [3.8, 4) is 0 Å². The van der Waals surface area contributed by atoms with Crippen molar-refractivity contribution < 1.29 is 0 Å². The van der Waals surface area contributed by atoms with Gasteiger partial charge in [-0.25, -0.2) is 4.98 Å². The van der Waals surface area contributed by atoms with Crippen LogP contribution in [-0.4, -0.2) is 35.6 Å². The summed E-state index contributed by atoms with van der Waals surface area (Å²) in [6.07, 6.45) is 4.41. The van der Waals surface area contributed by atoms with Crippen LogP contribution in [0.25, 0.3) is 0 Å². The van der Waals surface area contributed by atoms with Crippen LogP contribution in [0.4, 0.5) is 11.5 Å². The topological polar surface area (TPSA) is 54.2 Å². The standard InChI is InChI=1S/C13H22N4/c1-3-17-6-4-5-11(17)9-16-13-7-12(14)10(2)8-15-13/h7-8,11H,3-6,9H2,1-2H3,(H3,14,15,16). The first-order valence-corrected chi connectivity index (χ1v) is 6.40. The summed E-state index contributed by atoms with van der Waals surface area (Å²) in [6.45, 7) is 7.52. The molecule has 2 heterocycles. The second-order valence-corrected chi connectivity index (χ2v) is 4.73. The second-order valence-electron chi connectivity index (χ2n) is 4.73. The monoisotopic (exact) mass is 234 g/mol. The third-order valence-electron chi connectivity index (χ3n) is 3.57. The lowest BCUT2D eigenvalue weighted by Gasteiger charge is -2.23. The number of hydrogen-bond acceptors (Lipinski definition) is 4. The Bertz CT molecular complexity index is 378. The lowest BCUT2D eigenvalue weighted by atomic mass is 10.2. The first-order valence-electron chi connectivity index (χ1n) is 6.40. The van der Waals surface area contributed by atoms with E-state index in [0.717, 1.165) is 30.2 Å². The predicted molar refractivity (Wildman–Crippen MR) is 72.1 cm³/mol. The Labute approximate surface area is 103 Å². The van der Waals surface area contributed by atoms with Crippen LogP contribution < -0.4 is 11.1 Å². The van der Waals surface area contributed by atoms with E-state index in [1.54, 1.807) is 0 Å². The van der Waals surface area contributed by atoms with Gasteiger partial charge in [0.05, 0.1) is 0 Å². The minimum absolute atomic E-state index is 0.643. The van der Waals surface area contributed by atoms with E-state index in [9.17, 15) is 0 Å². The molecule has 0 aromatic carbocycles. The van der Waals surface area contributed by atoms with Gasteiger partial charge in [-0.15, -0.1) is 0 Å². The fourth-order valence-corrected chi connectivity index (χ4v) is 2.40. The van der Waals surface area contributed by atoms with E-state index < -0.39 is 0 Å². The summed E-state index contributed by atoms with van der Waals surface area (Å²) in [5.74, 6) is 0.885. The molecular formula is C13H22N4. The number of nitrogens with one attached hydrogen (secondary N) is 1. The molecule has 1 aliphatic heterocycles. The molecule has 1 fully saturated rings. The van der Waals surface area contributed by atoms with Gasteiger partial charge in [0.2, 0.25) is 0 Å². The molecule has 1 aliphatic rings. The summed E-state index contributed by atoms with van der Waals surface area (Å²) in [4.78, 5) is 6.86. The summed E-state index contributed by atoms with van der Waals surface area (Å²) < 4.78 is 0. The van der Waals surface area contributed by atoms with Crippen LogP contribution in [0.5, 0.6) is 0 Å². The van der Waals surface area contributed by atoms with Crippen LogP contribution in [0.15, 0.2) is 12.3 Å². The van der Waals surface area contributed by atoms with Crippen molar-refractivity contribution in [3.63, 3.8) is 0 Å². The number of aromatic nitrogens is 1. The van der Waals surface area contributed by atoms with E-state index in [1.807, 2.05) is 19.2 Å². The maximum atomic E-state index is 5.87. The van der Waals surface area contributed by atoms with Crippen LogP contribution in [0.1, 0.15) is 25.3 Å². The molecule has 0 spiro atoms. The summed E-state index contributed by atoms with van der Waals surface area (Å²) in [5, 5.41) is 3.39. The van der Waals surface area contributed by atoms with E-state index in [-0.39, 0.29) is 0 Å². The minimum atomic E-state index is 0.643. The lowest BCUT2D eigenvalue weighted by Crippen LogP contribution is -2.34. The number of rotatable bonds is 4. The first kappa shape index (κ1) is 12.2. The van der Waals surface area contributed by atoms with Crippen molar-refractivity contribution in [1.29, 1.82) is 0 Å². The molecule has 4 nitrogen and oxygen atoms in total. The van der Waals surface area contributed by atoms with E-state index in [0.29, 0.717) is 6.04 Å². The van der Waals surface area contributed by atoms with E-state index in [1.165, 1.54) is 19.4 Å². The first-order chi connectivity index (χ1) is 8.20.